The molecular weight excluding hydrogens is 803 g/mol. The van der Waals surface area contributed by atoms with Gasteiger partial charge in [0.2, 0.25) is 0 Å². The number of fused-ring (bicyclic) bond motifs is 7. The number of anilines is 1. The Morgan fingerprint density at radius 3 is 1.80 bits per heavy atom. The average Bonchev–Trinajstić information content (AvgIpc) is 3.99. The van der Waals surface area contributed by atoms with Crippen LogP contribution in [-0.2, 0) is 12.8 Å². The topological polar surface area (TPSA) is 3.24 Å². The van der Waals surface area contributed by atoms with Crippen molar-refractivity contribution >= 4 is 23.0 Å². The smallest absolute Gasteiger partial charge is 0.0844 e. The van der Waals surface area contributed by atoms with Gasteiger partial charge in [-0.15, -0.1) is 0 Å². The highest BCUT2D eigenvalue weighted by atomic mass is 32.2. The van der Waals surface area contributed by atoms with Crippen molar-refractivity contribution in [3.8, 4) is 33.4 Å². The zero-order chi connectivity index (χ0) is 45.2. The Kier molecular flexibility index (Phi) is 12.6. The molecule has 324 valence electrons. The van der Waals surface area contributed by atoms with E-state index < -0.39 is 0 Å². The molecule has 0 atom stereocenters. The third-order valence-electron chi connectivity index (χ3n) is 13.8. The number of hydrogen-bond donors (Lipinski definition) is 0. The molecule has 1 aliphatic heterocycles. The molecule has 2 heteroatoms. The van der Waals surface area contributed by atoms with E-state index in [0.29, 0.717) is 0 Å². The van der Waals surface area contributed by atoms with Gasteiger partial charge in [0.05, 0.1) is 5.03 Å². The van der Waals surface area contributed by atoms with Crippen molar-refractivity contribution < 1.29 is 0 Å². The first-order valence-corrected chi connectivity index (χ1v) is 24.6. The maximum atomic E-state index is 4.42. The van der Waals surface area contributed by atoms with Gasteiger partial charge in [-0.1, -0.05) is 206 Å². The summed E-state index contributed by atoms with van der Waals surface area (Å²) in [4.78, 5) is 3.91. The molecule has 0 N–H and O–H groups in total. The van der Waals surface area contributed by atoms with Crippen molar-refractivity contribution in [3.05, 3.63) is 248 Å². The van der Waals surface area contributed by atoms with E-state index in [0.717, 1.165) is 55.4 Å². The lowest BCUT2D eigenvalue weighted by Gasteiger charge is -2.32. The van der Waals surface area contributed by atoms with Crippen LogP contribution in [0.5, 0.6) is 0 Å². The summed E-state index contributed by atoms with van der Waals surface area (Å²) in [5, 5.41) is 1.18. The number of thioether (sulfide) groups is 1. The van der Waals surface area contributed by atoms with E-state index >= 15 is 0 Å². The third kappa shape index (κ3) is 7.97. The van der Waals surface area contributed by atoms with E-state index in [9.17, 15) is 0 Å². The van der Waals surface area contributed by atoms with Gasteiger partial charge in [-0.3, -0.25) is 0 Å². The van der Waals surface area contributed by atoms with Crippen molar-refractivity contribution in [2.24, 2.45) is 5.41 Å². The van der Waals surface area contributed by atoms with Crippen molar-refractivity contribution in [2.45, 2.75) is 80.1 Å². The quantitative estimate of drug-likeness (QED) is 0.170. The summed E-state index contributed by atoms with van der Waals surface area (Å²) >= 11 is 1.92. The van der Waals surface area contributed by atoms with Crippen LogP contribution in [-0.4, -0.2) is 0 Å². The highest BCUT2D eigenvalue weighted by molar-refractivity contribution is 8.07. The van der Waals surface area contributed by atoms with E-state index in [1.54, 1.807) is 0 Å². The molecule has 0 saturated heterocycles. The second-order valence-corrected chi connectivity index (χ2v) is 18.6. The van der Waals surface area contributed by atoms with Crippen LogP contribution in [0.3, 0.4) is 0 Å². The summed E-state index contributed by atoms with van der Waals surface area (Å²) in [6.45, 7) is 21.6. The molecule has 5 aliphatic carbocycles. The standard InChI is InChI=1S/C59H49NS.2C2H6/c1-38-14-11-25-57(61-58-52-19-9-10-24-55(52)59(3,4)56(58)35-26-39(38)2)60(44-31-27-40(28-32-44)46-20-12-22-50-48-17-7-5-15-42(48)36-53(46)50)45-33-29-41(30-34-45)47-21-13-23-51-49-18-8-6-16-43(49)37-54(47)51;2*1-2/h5-8,10-18,20-29,31-33,35H,1-2,9,19,30,34,36-37H2,3-4H3;2*1-2H3/b14-11-,35-26-,57-25-;;. The maximum Gasteiger partial charge on any atom is 0.0844 e. The minimum atomic E-state index is -0.126. The van der Waals surface area contributed by atoms with Crippen LogP contribution in [0.1, 0.15) is 95.0 Å². The number of rotatable bonds is 5. The second-order valence-electron chi connectivity index (χ2n) is 17.6. The van der Waals surface area contributed by atoms with Gasteiger partial charge in [-0.2, -0.15) is 0 Å². The summed E-state index contributed by atoms with van der Waals surface area (Å²) in [6.07, 6.45) is 26.6. The van der Waals surface area contributed by atoms with Crippen molar-refractivity contribution in [3.63, 3.8) is 0 Å². The molecule has 0 amide bonds. The van der Waals surface area contributed by atoms with E-state index in [1.165, 1.54) is 99.1 Å². The molecule has 1 nitrogen and oxygen atoms in total. The van der Waals surface area contributed by atoms with Crippen LogP contribution in [0.4, 0.5) is 5.69 Å². The minimum absolute atomic E-state index is 0.126. The number of hydrogen-bond acceptors (Lipinski definition) is 2. The zero-order valence-electron chi connectivity index (χ0n) is 39.1. The van der Waals surface area contributed by atoms with Crippen molar-refractivity contribution in [1.82, 2.24) is 0 Å². The van der Waals surface area contributed by atoms with Crippen molar-refractivity contribution in [1.29, 1.82) is 0 Å². The number of nitrogens with zero attached hydrogens (tertiary/aromatic N) is 1. The minimum Gasteiger partial charge on any atom is -0.308 e. The van der Waals surface area contributed by atoms with E-state index in [2.05, 4.69) is 196 Å². The van der Waals surface area contributed by atoms with E-state index in [-0.39, 0.29) is 5.41 Å². The first kappa shape index (κ1) is 43.9. The van der Waals surface area contributed by atoms with Crippen LogP contribution in [0, 0.1) is 5.41 Å². The number of benzene rings is 5. The van der Waals surface area contributed by atoms with Crippen LogP contribution in [0.2, 0.25) is 0 Å². The van der Waals surface area contributed by atoms with E-state index in [1.807, 2.05) is 39.5 Å². The first-order chi connectivity index (χ1) is 31.8. The summed E-state index contributed by atoms with van der Waals surface area (Å²) < 4.78 is 0. The van der Waals surface area contributed by atoms with Crippen LogP contribution >= 0.6 is 11.8 Å². The largest absolute Gasteiger partial charge is 0.308 e. The fourth-order valence-corrected chi connectivity index (χ4v) is 12.0. The van der Waals surface area contributed by atoms with Gasteiger partial charge in [0.15, 0.2) is 0 Å². The lowest BCUT2D eigenvalue weighted by molar-refractivity contribution is 0.572. The summed E-state index contributed by atoms with van der Waals surface area (Å²) in [6, 6.07) is 40.8. The normalized spacial score (nSPS) is 19.2. The maximum absolute atomic E-state index is 4.42. The van der Waals surface area contributed by atoms with E-state index in [4.69, 9.17) is 0 Å². The molecule has 0 fully saturated rings. The molecule has 5 aromatic rings. The van der Waals surface area contributed by atoms with Gasteiger partial charge in [0, 0.05) is 21.7 Å². The number of allylic oxidation sites excluding steroid dienone is 16. The molecule has 5 aromatic carbocycles. The van der Waals surface area contributed by atoms with Gasteiger partial charge in [-0.25, -0.2) is 0 Å². The van der Waals surface area contributed by atoms with Crippen LogP contribution in [0.25, 0.3) is 39.0 Å². The monoisotopic (exact) mass is 863 g/mol. The Balaban J connectivity index is 0.00000130. The molecular formula is C63H61NS. The van der Waals surface area contributed by atoms with Gasteiger partial charge in [0.25, 0.3) is 0 Å². The molecule has 0 aromatic heterocycles. The Morgan fingerprint density at radius 2 is 1.14 bits per heavy atom. The fourth-order valence-electron chi connectivity index (χ4n) is 10.5. The molecule has 0 radical (unpaired) electrons. The molecule has 0 saturated carbocycles. The molecule has 11 rings (SSSR count). The van der Waals surface area contributed by atoms with Crippen molar-refractivity contribution in [2.75, 3.05) is 4.90 Å². The Labute approximate surface area is 393 Å². The molecule has 0 unspecified atom stereocenters. The lowest BCUT2D eigenvalue weighted by Crippen LogP contribution is -2.22. The average molecular weight is 864 g/mol. The predicted octanol–water partition coefficient (Wildman–Crippen LogP) is 17.9. The van der Waals surface area contributed by atoms with Gasteiger partial charge in [-0.05, 0) is 157 Å². The Bertz CT molecular complexity index is 2980. The summed E-state index contributed by atoms with van der Waals surface area (Å²) in [5.41, 5.74) is 25.0. The van der Waals surface area contributed by atoms with Gasteiger partial charge >= 0.3 is 0 Å². The SMILES string of the molecule is C=C1/C=C\C=C(\N(C2=CC=C(c3cccc4c3Cc3ccccc3-4)CC2)c2ccc(-c3cccc4c3Cc3ccccc3-4)cc2)SC2=C(/C=C\C1=C)C(C)(C)C1=C2CCC=C1.CC.CC. The third-order valence-corrected chi connectivity index (χ3v) is 15.0. The summed E-state index contributed by atoms with van der Waals surface area (Å²) in [7, 11) is 0. The van der Waals surface area contributed by atoms with Crippen LogP contribution in [0.15, 0.2) is 221 Å². The molecule has 6 aliphatic rings. The second kappa shape index (κ2) is 18.6. The zero-order valence-corrected chi connectivity index (χ0v) is 39.9. The molecule has 0 spiro atoms. The predicted molar refractivity (Wildman–Crippen MR) is 284 cm³/mol. The van der Waals surface area contributed by atoms with Gasteiger partial charge in [0.1, 0.15) is 0 Å². The highest BCUT2D eigenvalue weighted by Gasteiger charge is 2.39. The highest BCUT2D eigenvalue weighted by Crippen LogP contribution is 2.56. The Morgan fingerprint density at radius 1 is 0.538 bits per heavy atom. The molecule has 65 heavy (non-hydrogen) atoms. The Hall–Kier alpha value is -6.35. The fraction of sp³-hybridized carbons (Fsp3) is 0.206. The van der Waals surface area contributed by atoms with Gasteiger partial charge < -0.3 is 4.90 Å². The summed E-state index contributed by atoms with van der Waals surface area (Å²) in [5.74, 6) is 0. The molecule has 1 heterocycles. The van der Waals surface area contributed by atoms with Crippen LogP contribution < -0.4 is 4.90 Å². The lowest BCUT2D eigenvalue weighted by atomic mass is 9.78. The first-order valence-electron chi connectivity index (χ1n) is 23.8. The molecule has 0 bridgehead atoms.